The van der Waals surface area contributed by atoms with E-state index in [1.165, 1.54) is 0 Å². The van der Waals surface area contributed by atoms with Gasteiger partial charge in [0.25, 0.3) is 10.1 Å². The molecule has 1 aliphatic heterocycles. The Bertz CT molecular complexity index is 494. The molecule has 0 aromatic carbocycles. The zero-order chi connectivity index (χ0) is 14.6. The molecule has 8 heteroatoms. The third kappa shape index (κ3) is 5.31. The quantitative estimate of drug-likeness (QED) is 0.681. The first-order valence-electron chi connectivity index (χ1n) is 7.20. The predicted octanol–water partition coefficient (Wildman–Crippen LogP) is 0.396. The normalized spacial score (nSPS) is 25.6. The minimum Gasteiger partial charge on any atom is -0.300 e. The largest absolute Gasteiger partial charge is 0.300 e. The standard InChI is InChI=1S/C12H23NO5S2/c14-19(15)9-6-13(7-10-19)8-11-20(16,17)18-12-4-2-1-3-5-12/h12H,1-11H2. The van der Waals surface area contributed by atoms with E-state index in [1.54, 1.807) is 0 Å². The summed E-state index contributed by atoms with van der Waals surface area (Å²) < 4.78 is 51.6. The van der Waals surface area contributed by atoms with Crippen LogP contribution in [0.3, 0.4) is 0 Å². The van der Waals surface area contributed by atoms with Crippen molar-refractivity contribution in [3.05, 3.63) is 0 Å². The number of sulfone groups is 1. The van der Waals surface area contributed by atoms with E-state index in [0.717, 1.165) is 32.1 Å². The molecule has 0 unspecified atom stereocenters. The van der Waals surface area contributed by atoms with Crippen molar-refractivity contribution in [3.8, 4) is 0 Å². The lowest BCUT2D eigenvalue weighted by molar-refractivity contribution is 0.161. The Morgan fingerprint density at radius 3 is 2.25 bits per heavy atom. The molecule has 118 valence electrons. The summed E-state index contributed by atoms with van der Waals surface area (Å²) in [6.45, 7) is 1.19. The van der Waals surface area contributed by atoms with Crippen LogP contribution in [0.5, 0.6) is 0 Å². The molecule has 0 N–H and O–H groups in total. The van der Waals surface area contributed by atoms with E-state index >= 15 is 0 Å². The number of nitrogens with zero attached hydrogens (tertiary/aromatic N) is 1. The monoisotopic (exact) mass is 325 g/mol. The highest BCUT2D eigenvalue weighted by molar-refractivity contribution is 7.91. The van der Waals surface area contributed by atoms with Gasteiger partial charge in [-0.05, 0) is 12.8 Å². The van der Waals surface area contributed by atoms with Crippen LogP contribution in [-0.4, -0.2) is 64.7 Å². The highest BCUT2D eigenvalue weighted by Gasteiger charge is 2.25. The molecule has 0 bridgehead atoms. The molecular weight excluding hydrogens is 302 g/mol. The van der Waals surface area contributed by atoms with Crippen molar-refractivity contribution in [2.75, 3.05) is 36.9 Å². The van der Waals surface area contributed by atoms with E-state index in [0.29, 0.717) is 19.6 Å². The van der Waals surface area contributed by atoms with Crippen molar-refractivity contribution in [1.82, 2.24) is 4.90 Å². The maximum absolute atomic E-state index is 11.9. The van der Waals surface area contributed by atoms with Crippen molar-refractivity contribution in [3.63, 3.8) is 0 Å². The Balaban J connectivity index is 1.75. The van der Waals surface area contributed by atoms with Crippen LogP contribution in [0.2, 0.25) is 0 Å². The van der Waals surface area contributed by atoms with E-state index in [1.807, 2.05) is 4.90 Å². The molecule has 0 amide bonds. The van der Waals surface area contributed by atoms with Crippen LogP contribution in [0.4, 0.5) is 0 Å². The van der Waals surface area contributed by atoms with Gasteiger partial charge in [-0.1, -0.05) is 19.3 Å². The predicted molar refractivity (Wildman–Crippen MR) is 76.8 cm³/mol. The van der Waals surface area contributed by atoms with Gasteiger partial charge in [0.1, 0.15) is 0 Å². The first-order valence-corrected chi connectivity index (χ1v) is 10.6. The Labute approximate surface area is 121 Å². The van der Waals surface area contributed by atoms with Gasteiger partial charge in [-0.3, -0.25) is 4.18 Å². The topological polar surface area (TPSA) is 80.8 Å². The highest BCUT2D eigenvalue weighted by Crippen LogP contribution is 2.22. The fourth-order valence-corrected chi connectivity index (χ4v) is 5.09. The second kappa shape index (κ2) is 6.72. The van der Waals surface area contributed by atoms with Crippen LogP contribution in [0.15, 0.2) is 0 Å². The molecule has 2 rings (SSSR count). The summed E-state index contributed by atoms with van der Waals surface area (Å²) in [7, 11) is -6.41. The molecule has 1 saturated carbocycles. The average Bonchev–Trinajstić information content (AvgIpc) is 2.38. The number of rotatable bonds is 5. The Morgan fingerprint density at radius 2 is 1.65 bits per heavy atom. The summed E-state index contributed by atoms with van der Waals surface area (Å²) in [5.74, 6) is 0.191. The van der Waals surface area contributed by atoms with Crippen molar-refractivity contribution in [2.45, 2.75) is 38.2 Å². The molecule has 0 radical (unpaired) electrons. The Hall–Kier alpha value is -0.180. The maximum Gasteiger partial charge on any atom is 0.268 e. The minimum atomic E-state index is -3.50. The minimum absolute atomic E-state index is 0.0520. The van der Waals surface area contributed by atoms with E-state index in [-0.39, 0.29) is 23.4 Å². The molecular formula is C12H23NO5S2. The van der Waals surface area contributed by atoms with Gasteiger partial charge in [-0.15, -0.1) is 0 Å². The zero-order valence-corrected chi connectivity index (χ0v) is 13.3. The van der Waals surface area contributed by atoms with E-state index in [2.05, 4.69) is 0 Å². The average molecular weight is 325 g/mol. The van der Waals surface area contributed by atoms with Crippen molar-refractivity contribution in [1.29, 1.82) is 0 Å². The lowest BCUT2D eigenvalue weighted by Gasteiger charge is -2.27. The summed E-state index contributed by atoms with van der Waals surface area (Å²) in [5, 5.41) is 0. The summed E-state index contributed by atoms with van der Waals surface area (Å²) >= 11 is 0. The SMILES string of the molecule is O=S1(=O)CCN(CCS(=O)(=O)OC2CCCCC2)CC1. The molecule has 6 nitrogen and oxygen atoms in total. The number of hydrogen-bond acceptors (Lipinski definition) is 6. The molecule has 20 heavy (non-hydrogen) atoms. The lowest BCUT2D eigenvalue weighted by atomic mass is 9.98. The van der Waals surface area contributed by atoms with Gasteiger partial charge in [0.2, 0.25) is 0 Å². The van der Waals surface area contributed by atoms with Crippen LogP contribution in [0.1, 0.15) is 32.1 Å². The summed E-state index contributed by atoms with van der Waals surface area (Å²) in [6, 6.07) is 0. The van der Waals surface area contributed by atoms with Gasteiger partial charge in [0.05, 0.1) is 23.4 Å². The summed E-state index contributed by atoms with van der Waals surface area (Å²) in [4.78, 5) is 1.88. The molecule has 0 spiro atoms. The highest BCUT2D eigenvalue weighted by atomic mass is 32.2. The van der Waals surface area contributed by atoms with Crippen molar-refractivity contribution >= 4 is 20.0 Å². The van der Waals surface area contributed by atoms with E-state index in [9.17, 15) is 16.8 Å². The molecule has 2 fully saturated rings. The van der Waals surface area contributed by atoms with Crippen LogP contribution >= 0.6 is 0 Å². The van der Waals surface area contributed by atoms with Crippen LogP contribution in [0.25, 0.3) is 0 Å². The Morgan fingerprint density at radius 1 is 1.05 bits per heavy atom. The Kier molecular flexibility index (Phi) is 5.44. The van der Waals surface area contributed by atoms with Gasteiger partial charge >= 0.3 is 0 Å². The van der Waals surface area contributed by atoms with E-state index in [4.69, 9.17) is 4.18 Å². The van der Waals surface area contributed by atoms with E-state index < -0.39 is 20.0 Å². The first kappa shape index (κ1) is 16.2. The molecule has 1 aliphatic carbocycles. The second-order valence-corrected chi connectivity index (χ2v) is 9.63. The van der Waals surface area contributed by atoms with Gasteiger partial charge in [-0.2, -0.15) is 8.42 Å². The van der Waals surface area contributed by atoms with Crippen LogP contribution < -0.4 is 0 Å². The number of hydrogen-bond donors (Lipinski definition) is 0. The molecule has 1 saturated heterocycles. The summed E-state index contributed by atoms with van der Waals surface area (Å²) in [5.41, 5.74) is 0. The molecule has 1 heterocycles. The smallest absolute Gasteiger partial charge is 0.268 e. The van der Waals surface area contributed by atoms with Gasteiger partial charge in [-0.25, -0.2) is 8.42 Å². The third-order valence-corrected chi connectivity index (χ3v) is 6.79. The fraction of sp³-hybridized carbons (Fsp3) is 1.00. The van der Waals surface area contributed by atoms with Crippen LogP contribution in [0, 0.1) is 0 Å². The maximum atomic E-state index is 11.9. The zero-order valence-electron chi connectivity index (χ0n) is 11.7. The molecule has 0 aromatic rings. The van der Waals surface area contributed by atoms with Gasteiger partial charge in [0, 0.05) is 19.6 Å². The summed E-state index contributed by atoms with van der Waals surface area (Å²) in [6.07, 6.45) is 4.70. The van der Waals surface area contributed by atoms with Crippen LogP contribution in [-0.2, 0) is 24.1 Å². The third-order valence-electron chi connectivity index (χ3n) is 3.93. The van der Waals surface area contributed by atoms with Gasteiger partial charge in [0.15, 0.2) is 9.84 Å². The van der Waals surface area contributed by atoms with Crippen molar-refractivity contribution < 1.29 is 21.0 Å². The first-order chi connectivity index (χ1) is 9.36. The fourth-order valence-electron chi connectivity index (χ4n) is 2.63. The van der Waals surface area contributed by atoms with Gasteiger partial charge < -0.3 is 4.90 Å². The molecule has 0 aromatic heterocycles. The molecule has 2 aliphatic rings. The molecule has 0 atom stereocenters. The lowest BCUT2D eigenvalue weighted by Crippen LogP contribution is -2.42. The van der Waals surface area contributed by atoms with Crippen molar-refractivity contribution in [2.24, 2.45) is 0 Å². The second-order valence-electron chi connectivity index (χ2n) is 5.61.